The van der Waals surface area contributed by atoms with Crippen molar-refractivity contribution in [2.24, 2.45) is 5.73 Å². The zero-order valence-electron chi connectivity index (χ0n) is 21.6. The van der Waals surface area contributed by atoms with Crippen LogP contribution in [0.5, 0.6) is 11.5 Å². The topological polar surface area (TPSA) is 150 Å². The summed E-state index contributed by atoms with van der Waals surface area (Å²) < 4.78 is 30.4. The van der Waals surface area contributed by atoms with E-state index in [0.29, 0.717) is 12.0 Å². The number of benzene rings is 1. The number of unbranched alkanes of at least 4 members (excludes halogenated alkanes) is 2. The van der Waals surface area contributed by atoms with Crippen molar-refractivity contribution in [2.45, 2.75) is 85.0 Å². The molecule has 202 valence electrons. The molecular weight excluding hydrogens is 474 g/mol. The van der Waals surface area contributed by atoms with Gasteiger partial charge in [-0.1, -0.05) is 25.8 Å². The molecule has 0 aliphatic carbocycles. The smallest absolute Gasteiger partial charge is 0.459 e. The Morgan fingerprint density at radius 1 is 0.833 bits per heavy atom. The molecule has 0 aromatic heterocycles. The summed E-state index contributed by atoms with van der Waals surface area (Å²) in [4.78, 5) is 47.9. The van der Waals surface area contributed by atoms with Crippen LogP contribution in [0.2, 0.25) is 0 Å². The summed E-state index contributed by atoms with van der Waals surface area (Å²) in [6, 6.07) is 3.25. The Balaban J connectivity index is 2.80. The molecule has 0 heterocycles. The lowest BCUT2D eigenvalue weighted by Gasteiger charge is -2.22. The van der Waals surface area contributed by atoms with Gasteiger partial charge in [0.05, 0.1) is 13.2 Å². The summed E-state index contributed by atoms with van der Waals surface area (Å²) in [7, 11) is 0. The van der Waals surface area contributed by atoms with Gasteiger partial charge in [0.1, 0.15) is 18.2 Å². The van der Waals surface area contributed by atoms with Crippen LogP contribution in [0.25, 0.3) is 0 Å². The standard InChI is InChI=1S/C25H37NO10/c1-6-9-10-11-22(27)33-16(4)17(5)34-23(28)19(26)14-18-12-13-20(35-24(29)31-7-2)21(15-18)36-25(30)32-8-3/h12-13,15-17,19H,6-11,14,26H2,1-5H3/t16-,17-,19-/m0/s1. The summed E-state index contributed by atoms with van der Waals surface area (Å²) in [5.74, 6) is -1.24. The molecule has 1 aromatic carbocycles. The van der Waals surface area contributed by atoms with Gasteiger partial charge in [-0.3, -0.25) is 9.59 Å². The van der Waals surface area contributed by atoms with E-state index in [1.165, 1.54) is 12.1 Å². The highest BCUT2D eigenvalue weighted by Crippen LogP contribution is 2.30. The lowest BCUT2D eigenvalue weighted by atomic mass is 10.1. The normalized spacial score (nSPS) is 13.1. The summed E-state index contributed by atoms with van der Waals surface area (Å²) in [5.41, 5.74) is 6.52. The molecule has 1 rings (SSSR count). The zero-order chi connectivity index (χ0) is 27.1. The quantitative estimate of drug-likeness (QED) is 0.167. The molecule has 0 radical (unpaired) electrons. The SMILES string of the molecule is CCCCCC(=O)O[C@@H](C)[C@H](C)OC(=O)[C@@H](N)Cc1ccc(OC(=O)OCC)c(OC(=O)OCC)c1. The Morgan fingerprint density at radius 3 is 2.00 bits per heavy atom. The van der Waals surface area contributed by atoms with E-state index in [1.807, 2.05) is 6.92 Å². The van der Waals surface area contributed by atoms with Crippen LogP contribution < -0.4 is 15.2 Å². The highest BCUT2D eigenvalue weighted by atomic mass is 16.7. The van der Waals surface area contributed by atoms with Crippen LogP contribution in [0.15, 0.2) is 18.2 Å². The number of nitrogens with two attached hydrogens (primary N) is 1. The number of rotatable bonds is 14. The first kappa shape index (κ1) is 30.7. The van der Waals surface area contributed by atoms with Crippen LogP contribution in [0.3, 0.4) is 0 Å². The van der Waals surface area contributed by atoms with E-state index in [4.69, 9.17) is 34.2 Å². The highest BCUT2D eigenvalue weighted by molar-refractivity contribution is 5.76. The van der Waals surface area contributed by atoms with Crippen LogP contribution in [0.1, 0.15) is 65.9 Å². The molecule has 0 spiro atoms. The second kappa shape index (κ2) is 16.4. The Labute approximate surface area is 211 Å². The van der Waals surface area contributed by atoms with E-state index < -0.39 is 36.5 Å². The van der Waals surface area contributed by atoms with Crippen molar-refractivity contribution in [1.29, 1.82) is 0 Å². The first-order valence-corrected chi connectivity index (χ1v) is 12.1. The van der Waals surface area contributed by atoms with E-state index in [0.717, 1.165) is 19.3 Å². The van der Waals surface area contributed by atoms with E-state index >= 15 is 0 Å². The maximum Gasteiger partial charge on any atom is 0.513 e. The first-order chi connectivity index (χ1) is 17.1. The minimum atomic E-state index is -1.06. The van der Waals surface area contributed by atoms with Crippen molar-refractivity contribution in [2.75, 3.05) is 13.2 Å². The average molecular weight is 512 g/mol. The van der Waals surface area contributed by atoms with Crippen molar-refractivity contribution in [3.8, 4) is 11.5 Å². The molecule has 3 atom stereocenters. The molecule has 0 bridgehead atoms. The third-order valence-corrected chi connectivity index (χ3v) is 4.94. The van der Waals surface area contributed by atoms with Crippen LogP contribution in [0, 0.1) is 0 Å². The van der Waals surface area contributed by atoms with Gasteiger partial charge in [-0.2, -0.15) is 0 Å². The Hall–Kier alpha value is -3.34. The molecule has 0 saturated heterocycles. The predicted molar refractivity (Wildman–Crippen MR) is 129 cm³/mol. The van der Waals surface area contributed by atoms with E-state index in [1.54, 1.807) is 33.8 Å². The maximum atomic E-state index is 12.5. The molecule has 0 amide bonds. The van der Waals surface area contributed by atoms with Crippen LogP contribution in [-0.2, 0) is 35.0 Å². The van der Waals surface area contributed by atoms with Crippen LogP contribution in [0.4, 0.5) is 9.59 Å². The molecule has 1 aromatic rings. The average Bonchev–Trinajstić information content (AvgIpc) is 2.81. The Morgan fingerprint density at radius 2 is 1.42 bits per heavy atom. The molecule has 0 unspecified atom stereocenters. The van der Waals surface area contributed by atoms with Crippen LogP contribution >= 0.6 is 0 Å². The van der Waals surface area contributed by atoms with Gasteiger partial charge in [0.15, 0.2) is 11.5 Å². The van der Waals surface area contributed by atoms with E-state index in [2.05, 4.69) is 0 Å². The molecule has 0 fully saturated rings. The summed E-state index contributed by atoms with van der Waals surface area (Å²) >= 11 is 0. The Bertz CT molecular complexity index is 872. The van der Waals surface area contributed by atoms with Gasteiger partial charge >= 0.3 is 24.2 Å². The van der Waals surface area contributed by atoms with Gasteiger partial charge in [0.2, 0.25) is 0 Å². The lowest BCUT2D eigenvalue weighted by molar-refractivity contribution is -0.166. The molecule has 11 nitrogen and oxygen atoms in total. The van der Waals surface area contributed by atoms with Crippen molar-refractivity contribution in [3.05, 3.63) is 23.8 Å². The molecule has 2 N–H and O–H groups in total. The monoisotopic (exact) mass is 511 g/mol. The molecule has 0 saturated carbocycles. The third kappa shape index (κ3) is 11.4. The van der Waals surface area contributed by atoms with Gasteiger partial charge in [0, 0.05) is 6.42 Å². The molecular formula is C25H37NO10. The second-order valence-corrected chi connectivity index (χ2v) is 7.96. The van der Waals surface area contributed by atoms with Crippen molar-refractivity contribution in [1.82, 2.24) is 0 Å². The van der Waals surface area contributed by atoms with Gasteiger partial charge in [0.25, 0.3) is 0 Å². The van der Waals surface area contributed by atoms with Gasteiger partial charge in [-0.25, -0.2) is 9.59 Å². The lowest BCUT2D eigenvalue weighted by Crippen LogP contribution is -2.39. The van der Waals surface area contributed by atoms with Gasteiger partial charge in [-0.15, -0.1) is 0 Å². The number of carbonyl (C=O) groups excluding carboxylic acids is 4. The minimum Gasteiger partial charge on any atom is -0.459 e. The summed E-state index contributed by atoms with van der Waals surface area (Å²) in [6.07, 6.45) is -0.321. The van der Waals surface area contributed by atoms with Gasteiger partial charge in [-0.05, 0) is 58.2 Å². The number of ether oxygens (including phenoxy) is 6. The van der Waals surface area contributed by atoms with Crippen molar-refractivity contribution in [3.63, 3.8) is 0 Å². The zero-order valence-corrected chi connectivity index (χ0v) is 21.6. The molecule has 36 heavy (non-hydrogen) atoms. The molecule has 0 aliphatic heterocycles. The highest BCUT2D eigenvalue weighted by Gasteiger charge is 2.25. The van der Waals surface area contributed by atoms with Gasteiger partial charge < -0.3 is 34.2 Å². The van der Waals surface area contributed by atoms with Crippen molar-refractivity contribution < 1.29 is 47.6 Å². The van der Waals surface area contributed by atoms with E-state index in [-0.39, 0.29) is 37.1 Å². The largest absolute Gasteiger partial charge is 0.513 e. The van der Waals surface area contributed by atoms with Crippen molar-refractivity contribution >= 4 is 24.2 Å². The number of esters is 2. The summed E-state index contributed by atoms with van der Waals surface area (Å²) in [6.45, 7) is 8.68. The van der Waals surface area contributed by atoms with E-state index in [9.17, 15) is 19.2 Å². The predicted octanol–water partition coefficient (Wildman–Crippen LogP) is 4.07. The second-order valence-electron chi connectivity index (χ2n) is 7.96. The fourth-order valence-corrected chi connectivity index (χ4v) is 2.90. The number of hydrogen-bond acceptors (Lipinski definition) is 11. The number of hydrogen-bond donors (Lipinski definition) is 1. The number of carbonyl (C=O) groups is 4. The molecule has 11 heteroatoms. The Kier molecular flexibility index (Phi) is 13.9. The minimum absolute atomic E-state index is 0.0234. The molecule has 0 aliphatic rings. The fraction of sp³-hybridized carbons (Fsp3) is 0.600. The maximum absolute atomic E-state index is 12.5. The third-order valence-electron chi connectivity index (χ3n) is 4.94. The van der Waals surface area contributed by atoms with Crippen LogP contribution in [-0.4, -0.2) is 55.7 Å². The summed E-state index contributed by atoms with van der Waals surface area (Å²) in [5, 5.41) is 0. The first-order valence-electron chi connectivity index (χ1n) is 12.1. The fourth-order valence-electron chi connectivity index (χ4n) is 2.90.